The van der Waals surface area contributed by atoms with Crippen LogP contribution in [0.5, 0.6) is 0 Å². The monoisotopic (exact) mass is 249 g/mol. The highest BCUT2D eigenvalue weighted by Gasteiger charge is 2.25. The highest BCUT2D eigenvalue weighted by Crippen LogP contribution is 2.05. The summed E-state index contributed by atoms with van der Waals surface area (Å²) in [6.07, 6.45) is 0.248. The van der Waals surface area contributed by atoms with E-state index < -0.39 is 9.84 Å². The second kappa shape index (κ2) is 5.75. The van der Waals surface area contributed by atoms with Crippen molar-refractivity contribution < 1.29 is 17.9 Å². The number of carbonyl (C=O) groups excluding carboxylic acids is 1. The lowest BCUT2D eigenvalue weighted by atomic mass is 10.1. The lowest BCUT2D eigenvalue weighted by Gasteiger charge is -2.23. The van der Waals surface area contributed by atoms with E-state index in [4.69, 9.17) is 4.74 Å². The Morgan fingerprint density at radius 3 is 2.75 bits per heavy atom. The number of ketones is 1. The van der Waals surface area contributed by atoms with Gasteiger partial charge < -0.3 is 10.1 Å². The third kappa shape index (κ3) is 5.05. The van der Waals surface area contributed by atoms with Gasteiger partial charge in [-0.3, -0.25) is 4.79 Å². The Morgan fingerprint density at radius 1 is 1.50 bits per heavy atom. The fraction of sp³-hybridized carbons (Fsp3) is 0.900. The van der Waals surface area contributed by atoms with E-state index in [2.05, 4.69) is 5.32 Å². The smallest absolute Gasteiger partial charge is 0.160 e. The summed E-state index contributed by atoms with van der Waals surface area (Å²) >= 11 is 0. The van der Waals surface area contributed by atoms with Gasteiger partial charge >= 0.3 is 0 Å². The Hall–Kier alpha value is -0.460. The molecule has 0 radical (unpaired) electrons. The molecule has 16 heavy (non-hydrogen) atoms. The molecule has 1 unspecified atom stereocenters. The van der Waals surface area contributed by atoms with E-state index in [9.17, 15) is 13.2 Å². The van der Waals surface area contributed by atoms with Crippen molar-refractivity contribution in [1.82, 2.24) is 5.32 Å². The largest absolute Gasteiger partial charge is 0.371 e. The zero-order valence-electron chi connectivity index (χ0n) is 9.73. The molecule has 1 N–H and O–H groups in total. The Balaban J connectivity index is 2.34. The van der Waals surface area contributed by atoms with Crippen LogP contribution in [0.15, 0.2) is 0 Å². The summed E-state index contributed by atoms with van der Waals surface area (Å²) in [5, 5.41) is 3.04. The van der Waals surface area contributed by atoms with Crippen LogP contribution in [0.1, 0.15) is 20.3 Å². The van der Waals surface area contributed by atoms with Gasteiger partial charge in [-0.1, -0.05) is 0 Å². The first-order chi connectivity index (χ1) is 7.39. The number of Topliss-reactive ketones (excluding diaryl/α,β-unsaturated/α-hetero) is 1. The first kappa shape index (κ1) is 13.6. The standard InChI is InChI=1S/C10H19NO4S/c1-8(2)15-6-10(12)5-9-7-16(13,14)4-3-11-9/h8-9,11H,3-7H2,1-2H3. The molecular formula is C10H19NO4S. The highest BCUT2D eigenvalue weighted by molar-refractivity contribution is 7.91. The lowest BCUT2D eigenvalue weighted by Crippen LogP contribution is -2.46. The van der Waals surface area contributed by atoms with Crippen molar-refractivity contribution in [2.24, 2.45) is 0 Å². The molecule has 0 aliphatic carbocycles. The number of sulfone groups is 1. The molecule has 0 aromatic carbocycles. The van der Waals surface area contributed by atoms with Crippen LogP contribution in [-0.2, 0) is 19.4 Å². The summed E-state index contributed by atoms with van der Waals surface area (Å²) in [4.78, 5) is 11.5. The van der Waals surface area contributed by atoms with Gasteiger partial charge in [-0.2, -0.15) is 0 Å². The number of hydrogen-bond acceptors (Lipinski definition) is 5. The van der Waals surface area contributed by atoms with Crippen molar-refractivity contribution in [3.05, 3.63) is 0 Å². The van der Waals surface area contributed by atoms with E-state index in [0.29, 0.717) is 6.54 Å². The molecule has 5 nitrogen and oxygen atoms in total. The van der Waals surface area contributed by atoms with Crippen LogP contribution < -0.4 is 5.32 Å². The molecule has 1 rings (SSSR count). The van der Waals surface area contributed by atoms with Gasteiger partial charge in [-0.05, 0) is 13.8 Å². The first-order valence-corrected chi connectivity index (χ1v) is 7.28. The first-order valence-electron chi connectivity index (χ1n) is 5.46. The minimum Gasteiger partial charge on any atom is -0.371 e. The predicted molar refractivity (Wildman–Crippen MR) is 61.2 cm³/mol. The van der Waals surface area contributed by atoms with E-state index in [1.54, 1.807) is 0 Å². The molecule has 1 atom stereocenters. The fourth-order valence-electron chi connectivity index (χ4n) is 1.59. The maximum Gasteiger partial charge on any atom is 0.160 e. The number of ether oxygens (including phenoxy) is 1. The van der Waals surface area contributed by atoms with Crippen molar-refractivity contribution in [2.45, 2.75) is 32.4 Å². The average Bonchev–Trinajstić information content (AvgIpc) is 2.13. The van der Waals surface area contributed by atoms with Crippen molar-refractivity contribution in [3.63, 3.8) is 0 Å². The lowest BCUT2D eigenvalue weighted by molar-refractivity contribution is -0.125. The quantitative estimate of drug-likeness (QED) is 0.728. The van der Waals surface area contributed by atoms with E-state index in [1.165, 1.54) is 0 Å². The molecule has 0 saturated carbocycles. The third-order valence-electron chi connectivity index (χ3n) is 2.35. The molecular weight excluding hydrogens is 230 g/mol. The van der Waals surface area contributed by atoms with E-state index in [0.717, 1.165) is 0 Å². The number of carbonyl (C=O) groups is 1. The molecule has 6 heteroatoms. The second-order valence-corrected chi connectivity index (χ2v) is 6.60. The van der Waals surface area contributed by atoms with Crippen LogP contribution in [0.3, 0.4) is 0 Å². The summed E-state index contributed by atoms with van der Waals surface area (Å²) in [6.45, 7) is 4.22. The summed E-state index contributed by atoms with van der Waals surface area (Å²) < 4.78 is 27.8. The second-order valence-electron chi connectivity index (χ2n) is 4.37. The third-order valence-corrected chi connectivity index (χ3v) is 4.09. The molecule has 0 amide bonds. The topological polar surface area (TPSA) is 72.5 Å². The molecule has 0 aromatic heterocycles. The van der Waals surface area contributed by atoms with Crippen LogP contribution in [0, 0.1) is 0 Å². The van der Waals surface area contributed by atoms with E-state index >= 15 is 0 Å². The Morgan fingerprint density at radius 2 is 2.19 bits per heavy atom. The highest BCUT2D eigenvalue weighted by atomic mass is 32.2. The van der Waals surface area contributed by atoms with Crippen LogP contribution in [0.4, 0.5) is 0 Å². The van der Waals surface area contributed by atoms with Gasteiger partial charge in [0.05, 0.1) is 17.6 Å². The van der Waals surface area contributed by atoms with Gasteiger partial charge in [0.15, 0.2) is 15.6 Å². The van der Waals surface area contributed by atoms with Gasteiger partial charge in [0, 0.05) is 19.0 Å². The Labute approximate surface area is 96.5 Å². The Bertz CT molecular complexity index is 337. The van der Waals surface area contributed by atoms with Crippen LogP contribution in [0.25, 0.3) is 0 Å². The molecule has 0 aromatic rings. The normalized spacial score (nSPS) is 24.6. The predicted octanol–water partition coefficient (Wildman–Crippen LogP) is -0.243. The van der Waals surface area contributed by atoms with Crippen molar-refractivity contribution >= 4 is 15.6 Å². The minimum absolute atomic E-state index is 0.0204. The maximum absolute atomic E-state index is 11.5. The fourth-order valence-corrected chi connectivity index (χ4v) is 3.04. The van der Waals surface area contributed by atoms with Crippen molar-refractivity contribution in [3.8, 4) is 0 Å². The van der Waals surface area contributed by atoms with Gasteiger partial charge in [-0.25, -0.2) is 8.42 Å². The van der Waals surface area contributed by atoms with Crippen molar-refractivity contribution in [2.75, 3.05) is 24.7 Å². The van der Waals surface area contributed by atoms with Crippen LogP contribution >= 0.6 is 0 Å². The zero-order valence-corrected chi connectivity index (χ0v) is 10.5. The number of rotatable bonds is 5. The maximum atomic E-state index is 11.5. The van der Waals surface area contributed by atoms with Gasteiger partial charge in [0.2, 0.25) is 0 Å². The summed E-state index contributed by atoms with van der Waals surface area (Å²) in [5.41, 5.74) is 0. The van der Waals surface area contributed by atoms with Gasteiger partial charge in [0.1, 0.15) is 6.61 Å². The molecule has 0 spiro atoms. The average molecular weight is 249 g/mol. The minimum atomic E-state index is -2.96. The SMILES string of the molecule is CC(C)OCC(=O)CC1CS(=O)(=O)CCN1. The molecule has 1 aliphatic rings. The van der Waals surface area contributed by atoms with Crippen molar-refractivity contribution in [1.29, 1.82) is 0 Å². The Kier molecular flexibility index (Phi) is 4.89. The van der Waals surface area contributed by atoms with Gasteiger partial charge in [-0.15, -0.1) is 0 Å². The van der Waals surface area contributed by atoms with E-state index in [-0.39, 0.29) is 42.5 Å². The summed E-state index contributed by atoms with van der Waals surface area (Å²) in [6, 6.07) is -0.248. The molecule has 1 fully saturated rings. The molecule has 0 bridgehead atoms. The van der Waals surface area contributed by atoms with Crippen LogP contribution in [0.2, 0.25) is 0 Å². The van der Waals surface area contributed by atoms with Crippen LogP contribution in [-0.4, -0.2) is 51.0 Å². The molecule has 1 saturated heterocycles. The summed E-state index contributed by atoms with van der Waals surface area (Å²) in [5.74, 6) is 0.170. The molecule has 94 valence electrons. The molecule has 1 aliphatic heterocycles. The number of nitrogens with one attached hydrogen (secondary N) is 1. The molecule has 1 heterocycles. The van der Waals surface area contributed by atoms with Gasteiger partial charge in [0.25, 0.3) is 0 Å². The van der Waals surface area contributed by atoms with E-state index in [1.807, 2.05) is 13.8 Å². The number of hydrogen-bond donors (Lipinski definition) is 1. The zero-order chi connectivity index (χ0) is 12.2. The summed E-state index contributed by atoms with van der Waals surface area (Å²) in [7, 11) is -2.96.